The molecule has 4 heteroatoms. The van der Waals surface area contributed by atoms with Gasteiger partial charge < -0.3 is 4.74 Å². The summed E-state index contributed by atoms with van der Waals surface area (Å²) in [4.78, 5) is 10.7. The van der Waals surface area contributed by atoms with Crippen molar-refractivity contribution >= 4 is 5.90 Å². The molecule has 1 aromatic rings. The molecule has 1 fully saturated rings. The molecule has 3 rings (SSSR count). The molecule has 21 heavy (non-hydrogen) atoms. The molecular weight excluding hydrogens is 264 g/mol. The van der Waals surface area contributed by atoms with Crippen LogP contribution >= 0.6 is 0 Å². The van der Waals surface area contributed by atoms with Crippen LogP contribution in [0.15, 0.2) is 35.3 Å². The Kier molecular flexibility index (Phi) is 3.34. The smallest absolute Gasteiger partial charge is 0.218 e. The molecule has 2 aliphatic rings. The monoisotopic (exact) mass is 288 g/mol. The predicted molar refractivity (Wildman–Crippen MR) is 83.1 cm³/mol. The van der Waals surface area contributed by atoms with Gasteiger partial charge in [-0.05, 0) is 40.2 Å². The first-order valence-electron chi connectivity index (χ1n) is 7.52. The van der Waals surface area contributed by atoms with Crippen LogP contribution in [0.2, 0.25) is 0 Å². The number of hydrogen-bond acceptors (Lipinski definition) is 4. The first-order chi connectivity index (χ1) is 9.78. The van der Waals surface area contributed by atoms with Crippen molar-refractivity contribution < 1.29 is 9.57 Å². The van der Waals surface area contributed by atoms with Crippen molar-refractivity contribution in [2.75, 3.05) is 6.61 Å². The van der Waals surface area contributed by atoms with Gasteiger partial charge in [-0.15, -0.1) is 0 Å². The highest BCUT2D eigenvalue weighted by molar-refractivity contribution is 5.84. The van der Waals surface area contributed by atoms with Crippen molar-refractivity contribution in [2.45, 2.75) is 57.8 Å². The number of hydroxylamine groups is 2. The lowest BCUT2D eigenvalue weighted by molar-refractivity contribution is -0.358. The van der Waals surface area contributed by atoms with E-state index in [1.165, 1.54) is 5.56 Å². The maximum Gasteiger partial charge on any atom is 0.218 e. The largest absolute Gasteiger partial charge is 0.476 e. The summed E-state index contributed by atoms with van der Waals surface area (Å²) in [5.74, 6) is 0.731. The highest BCUT2D eigenvalue weighted by atomic mass is 16.7. The van der Waals surface area contributed by atoms with Crippen LogP contribution in [0.25, 0.3) is 0 Å². The molecule has 0 unspecified atom stereocenters. The minimum Gasteiger partial charge on any atom is -0.476 e. The van der Waals surface area contributed by atoms with E-state index in [-0.39, 0.29) is 23.2 Å². The van der Waals surface area contributed by atoms with E-state index in [1.54, 1.807) is 0 Å². The number of nitrogens with zero attached hydrogens (tertiary/aromatic N) is 2. The van der Waals surface area contributed by atoms with Gasteiger partial charge in [-0.25, -0.2) is 4.99 Å². The zero-order chi connectivity index (χ0) is 15.3. The van der Waals surface area contributed by atoms with E-state index in [0.717, 1.165) is 5.90 Å². The molecular formula is C17H24N2O2. The quantitative estimate of drug-likeness (QED) is 0.837. The van der Waals surface area contributed by atoms with Crippen LogP contribution in [-0.4, -0.2) is 34.7 Å². The lowest BCUT2D eigenvalue weighted by Crippen LogP contribution is -2.61. The fraction of sp³-hybridized carbons (Fsp3) is 0.588. The number of benzene rings is 1. The highest BCUT2D eigenvalue weighted by Gasteiger charge is 2.52. The third-order valence-corrected chi connectivity index (χ3v) is 3.80. The summed E-state index contributed by atoms with van der Waals surface area (Å²) >= 11 is 0. The lowest BCUT2D eigenvalue weighted by atomic mass is 9.93. The number of hydrogen-bond donors (Lipinski definition) is 0. The number of ether oxygens (including phenoxy) is 1. The Morgan fingerprint density at radius 1 is 1.19 bits per heavy atom. The van der Waals surface area contributed by atoms with Gasteiger partial charge >= 0.3 is 0 Å². The summed E-state index contributed by atoms with van der Waals surface area (Å²) in [6.07, 6.45) is -0.117. The molecule has 0 bridgehead atoms. The summed E-state index contributed by atoms with van der Waals surface area (Å²) in [5.41, 5.74) is 1.02. The maximum atomic E-state index is 6.03. The van der Waals surface area contributed by atoms with Crippen molar-refractivity contribution in [3.05, 3.63) is 35.9 Å². The van der Waals surface area contributed by atoms with Gasteiger partial charge in [-0.1, -0.05) is 30.3 Å². The summed E-state index contributed by atoms with van der Waals surface area (Å²) in [6, 6.07) is 10.6. The number of aliphatic imine (C=N–C) groups is 1. The second-order valence-corrected chi connectivity index (χ2v) is 7.43. The van der Waals surface area contributed by atoms with Crippen molar-refractivity contribution in [3.63, 3.8) is 0 Å². The second kappa shape index (κ2) is 4.82. The zero-order valence-electron chi connectivity index (χ0n) is 13.5. The van der Waals surface area contributed by atoms with Gasteiger partial charge in [0.1, 0.15) is 6.61 Å². The molecule has 0 spiro atoms. The zero-order valence-corrected chi connectivity index (χ0v) is 13.5. The van der Waals surface area contributed by atoms with E-state index in [2.05, 4.69) is 63.9 Å². The van der Waals surface area contributed by atoms with Crippen LogP contribution in [0.3, 0.4) is 0 Å². The lowest BCUT2D eigenvalue weighted by Gasteiger charge is -2.52. The van der Waals surface area contributed by atoms with Crippen LogP contribution < -0.4 is 0 Å². The van der Waals surface area contributed by atoms with Gasteiger partial charge in [0, 0.05) is 5.54 Å². The molecule has 2 heterocycles. The average molecular weight is 288 g/mol. The molecule has 0 amide bonds. The van der Waals surface area contributed by atoms with E-state index in [1.807, 2.05) is 11.1 Å². The minimum absolute atomic E-state index is 0.0638. The molecule has 1 saturated heterocycles. The molecule has 114 valence electrons. The van der Waals surface area contributed by atoms with Crippen molar-refractivity contribution in [1.29, 1.82) is 0 Å². The summed E-state index contributed by atoms with van der Waals surface area (Å²) in [5, 5.41) is 2.05. The topological polar surface area (TPSA) is 34.1 Å². The summed E-state index contributed by atoms with van der Waals surface area (Å²) < 4.78 is 5.78. The molecule has 2 aliphatic heterocycles. The van der Waals surface area contributed by atoms with Crippen LogP contribution in [0.5, 0.6) is 0 Å². The normalized spacial score (nSPS) is 28.7. The van der Waals surface area contributed by atoms with Crippen molar-refractivity contribution in [2.24, 2.45) is 4.99 Å². The Labute approximate surface area is 126 Å². The second-order valence-electron chi connectivity index (χ2n) is 7.43. The number of rotatable bonds is 2. The van der Waals surface area contributed by atoms with Gasteiger partial charge in [0.15, 0.2) is 6.10 Å². The molecule has 2 atom stereocenters. The van der Waals surface area contributed by atoms with Gasteiger partial charge in [-0.2, -0.15) is 5.06 Å². The predicted octanol–water partition coefficient (Wildman–Crippen LogP) is 3.35. The average Bonchev–Trinajstić information content (AvgIpc) is 2.67. The van der Waals surface area contributed by atoms with Crippen LogP contribution in [-0.2, 0) is 9.57 Å². The van der Waals surface area contributed by atoms with E-state index in [4.69, 9.17) is 9.57 Å². The fourth-order valence-electron chi connectivity index (χ4n) is 2.78. The molecule has 0 radical (unpaired) electrons. The molecule has 0 saturated carbocycles. The van der Waals surface area contributed by atoms with Gasteiger partial charge in [0.05, 0.1) is 11.6 Å². The Morgan fingerprint density at radius 3 is 2.38 bits per heavy atom. The third-order valence-electron chi connectivity index (χ3n) is 3.80. The summed E-state index contributed by atoms with van der Waals surface area (Å²) in [6.45, 7) is 11.2. The third kappa shape index (κ3) is 2.70. The fourth-order valence-corrected chi connectivity index (χ4v) is 2.78. The van der Waals surface area contributed by atoms with Crippen LogP contribution in [0, 0.1) is 0 Å². The Morgan fingerprint density at radius 2 is 1.86 bits per heavy atom. The van der Waals surface area contributed by atoms with Crippen LogP contribution in [0.1, 0.15) is 46.2 Å². The molecule has 0 aromatic heterocycles. The summed E-state index contributed by atoms with van der Waals surface area (Å²) in [7, 11) is 0. The van der Waals surface area contributed by atoms with Gasteiger partial charge in [0.2, 0.25) is 5.90 Å². The van der Waals surface area contributed by atoms with E-state index >= 15 is 0 Å². The first kappa shape index (κ1) is 14.5. The molecule has 4 nitrogen and oxygen atoms in total. The van der Waals surface area contributed by atoms with Crippen molar-refractivity contribution in [3.8, 4) is 0 Å². The van der Waals surface area contributed by atoms with Crippen LogP contribution in [0.4, 0.5) is 0 Å². The van der Waals surface area contributed by atoms with Crippen molar-refractivity contribution in [1.82, 2.24) is 5.06 Å². The maximum absolute atomic E-state index is 6.03. The van der Waals surface area contributed by atoms with Gasteiger partial charge in [0.25, 0.3) is 0 Å². The SMILES string of the molecule is CC1(C)COC([C@H]2ON(C(C)(C)C)[C@@H]2c2ccccc2)=N1. The minimum atomic E-state index is -0.151. The Balaban J connectivity index is 1.89. The Bertz CT molecular complexity index is 546. The van der Waals surface area contributed by atoms with E-state index in [0.29, 0.717) is 6.61 Å². The highest BCUT2D eigenvalue weighted by Crippen LogP contribution is 2.43. The molecule has 0 aliphatic carbocycles. The molecule has 0 N–H and O–H groups in total. The standard InChI is InChI=1S/C17H24N2O2/c1-16(2,3)19-13(12-9-7-6-8-10-12)14(21-19)15-18-17(4,5)11-20-15/h6-10,13-14H,11H2,1-5H3/t13-,14+/m1/s1. The Hall–Kier alpha value is -1.39. The van der Waals surface area contributed by atoms with E-state index in [9.17, 15) is 0 Å². The molecule has 1 aromatic carbocycles. The van der Waals surface area contributed by atoms with E-state index < -0.39 is 0 Å². The van der Waals surface area contributed by atoms with Gasteiger partial charge in [-0.3, -0.25) is 4.84 Å². The first-order valence-corrected chi connectivity index (χ1v) is 7.52.